The largest absolute Gasteiger partial charge is 0.390 e. The highest BCUT2D eigenvalue weighted by Crippen LogP contribution is 2.35. The topological polar surface area (TPSA) is 62.9 Å². The van der Waals surface area contributed by atoms with Gasteiger partial charge in [-0.3, -0.25) is 4.90 Å². The van der Waals surface area contributed by atoms with E-state index in [1.54, 1.807) is 0 Å². The van der Waals surface area contributed by atoms with Gasteiger partial charge in [0.2, 0.25) is 0 Å². The molecule has 2 aliphatic rings. The number of aromatic nitrogens is 3. The molecule has 4 heterocycles. The van der Waals surface area contributed by atoms with Crippen LogP contribution in [-0.2, 0) is 11.3 Å². The zero-order valence-corrected chi connectivity index (χ0v) is 14.5. The Bertz CT molecular complexity index is 734. The van der Waals surface area contributed by atoms with Gasteiger partial charge in [-0.25, -0.2) is 9.50 Å². The molecule has 0 bridgehead atoms. The fraction of sp³-hybridized carbons (Fsp3) is 0.667. The molecule has 2 aliphatic heterocycles. The molecule has 6 heteroatoms. The average molecular weight is 330 g/mol. The normalized spacial score (nSPS) is 24.7. The zero-order chi connectivity index (χ0) is 16.7. The molecule has 4 rings (SSSR count). The van der Waals surface area contributed by atoms with Gasteiger partial charge in [0.25, 0.3) is 0 Å². The van der Waals surface area contributed by atoms with Crippen molar-refractivity contribution < 1.29 is 9.84 Å². The lowest BCUT2D eigenvalue weighted by Gasteiger charge is -2.46. The van der Waals surface area contributed by atoms with Gasteiger partial charge in [0.1, 0.15) is 0 Å². The van der Waals surface area contributed by atoms with Gasteiger partial charge in [-0.15, -0.1) is 0 Å². The van der Waals surface area contributed by atoms with Gasteiger partial charge in [-0.2, -0.15) is 5.10 Å². The van der Waals surface area contributed by atoms with Crippen LogP contribution in [0.25, 0.3) is 5.65 Å². The van der Waals surface area contributed by atoms with Gasteiger partial charge in [0.05, 0.1) is 17.9 Å². The molecule has 0 saturated carbocycles. The van der Waals surface area contributed by atoms with Gasteiger partial charge in [-0.05, 0) is 45.6 Å². The van der Waals surface area contributed by atoms with Crippen molar-refractivity contribution in [2.45, 2.75) is 57.8 Å². The molecular weight excluding hydrogens is 304 g/mol. The number of ether oxygens (including phenoxy) is 1. The number of hydrogen-bond donors (Lipinski definition) is 1. The van der Waals surface area contributed by atoms with Crippen molar-refractivity contribution in [3.8, 4) is 0 Å². The highest BCUT2D eigenvalue weighted by molar-refractivity contribution is 5.47. The standard InChI is InChI=1S/C18H26N4O2/c1-13-10-14(2)22-17(20-13)15(11-19-22)12-21-7-5-18(6-8-21)16(23)4-3-9-24-18/h10-11,16,23H,3-9,12H2,1-2H3. The van der Waals surface area contributed by atoms with Crippen molar-refractivity contribution >= 4 is 5.65 Å². The number of rotatable bonds is 2. The molecule has 1 atom stereocenters. The highest BCUT2D eigenvalue weighted by atomic mass is 16.5. The third kappa shape index (κ3) is 2.72. The molecule has 2 aromatic heterocycles. The molecule has 0 aromatic carbocycles. The second-order valence-electron chi connectivity index (χ2n) is 7.29. The summed E-state index contributed by atoms with van der Waals surface area (Å²) < 4.78 is 7.92. The number of hydrogen-bond acceptors (Lipinski definition) is 5. The predicted molar refractivity (Wildman–Crippen MR) is 90.9 cm³/mol. The van der Waals surface area contributed by atoms with Crippen LogP contribution in [-0.4, -0.2) is 56.0 Å². The molecule has 0 amide bonds. The molecule has 130 valence electrons. The molecular formula is C18H26N4O2. The van der Waals surface area contributed by atoms with E-state index < -0.39 is 0 Å². The monoisotopic (exact) mass is 330 g/mol. The van der Waals surface area contributed by atoms with Crippen molar-refractivity contribution in [2.75, 3.05) is 19.7 Å². The first kappa shape index (κ1) is 16.0. The summed E-state index contributed by atoms with van der Waals surface area (Å²) in [5.74, 6) is 0. The van der Waals surface area contributed by atoms with Crippen LogP contribution in [0.2, 0.25) is 0 Å². The van der Waals surface area contributed by atoms with Crippen LogP contribution >= 0.6 is 0 Å². The first-order valence-electron chi connectivity index (χ1n) is 8.93. The maximum Gasteiger partial charge on any atom is 0.159 e. The Labute approximate surface area is 142 Å². The molecule has 24 heavy (non-hydrogen) atoms. The predicted octanol–water partition coefficient (Wildman–Crippen LogP) is 1.85. The number of likely N-dealkylation sites (tertiary alicyclic amines) is 1. The minimum Gasteiger partial charge on any atom is -0.390 e. The number of aryl methyl sites for hydroxylation is 2. The van der Waals surface area contributed by atoms with Gasteiger partial charge in [-0.1, -0.05) is 0 Å². The van der Waals surface area contributed by atoms with Gasteiger partial charge < -0.3 is 9.84 Å². The highest BCUT2D eigenvalue weighted by Gasteiger charge is 2.43. The van der Waals surface area contributed by atoms with Crippen molar-refractivity contribution in [1.29, 1.82) is 0 Å². The number of aliphatic hydroxyl groups excluding tert-OH is 1. The molecule has 0 radical (unpaired) electrons. The van der Waals surface area contributed by atoms with E-state index in [4.69, 9.17) is 4.74 Å². The van der Waals surface area contributed by atoms with Crippen LogP contribution in [0.15, 0.2) is 12.3 Å². The third-order valence-electron chi connectivity index (χ3n) is 5.57. The van der Waals surface area contributed by atoms with Gasteiger partial charge in [0, 0.05) is 43.2 Å². The van der Waals surface area contributed by atoms with E-state index in [0.717, 1.165) is 69.0 Å². The zero-order valence-electron chi connectivity index (χ0n) is 14.5. The molecule has 0 aliphatic carbocycles. The van der Waals surface area contributed by atoms with Crippen LogP contribution in [0.1, 0.15) is 42.6 Å². The van der Waals surface area contributed by atoms with Gasteiger partial charge >= 0.3 is 0 Å². The number of nitrogens with zero attached hydrogens (tertiary/aromatic N) is 4. The molecule has 6 nitrogen and oxygen atoms in total. The summed E-state index contributed by atoms with van der Waals surface area (Å²) in [5, 5.41) is 14.8. The maximum absolute atomic E-state index is 10.4. The summed E-state index contributed by atoms with van der Waals surface area (Å²) in [4.78, 5) is 7.09. The van der Waals surface area contributed by atoms with E-state index in [-0.39, 0.29) is 11.7 Å². The third-order valence-corrected chi connectivity index (χ3v) is 5.57. The van der Waals surface area contributed by atoms with E-state index in [2.05, 4.69) is 28.0 Å². The molecule has 2 fully saturated rings. The van der Waals surface area contributed by atoms with E-state index in [9.17, 15) is 5.11 Å². The lowest BCUT2D eigenvalue weighted by atomic mass is 9.82. The number of aliphatic hydroxyl groups is 1. The maximum atomic E-state index is 10.4. The van der Waals surface area contributed by atoms with Crippen molar-refractivity contribution in [2.24, 2.45) is 0 Å². The Hall–Kier alpha value is -1.50. The summed E-state index contributed by atoms with van der Waals surface area (Å²) in [7, 11) is 0. The number of piperidine rings is 1. The van der Waals surface area contributed by atoms with Gasteiger partial charge in [0.15, 0.2) is 5.65 Å². The minimum atomic E-state index is -0.308. The van der Waals surface area contributed by atoms with Crippen LogP contribution in [0, 0.1) is 13.8 Å². The lowest BCUT2D eigenvalue weighted by Crippen LogP contribution is -2.55. The first-order chi connectivity index (χ1) is 11.6. The fourth-order valence-electron chi connectivity index (χ4n) is 4.15. The van der Waals surface area contributed by atoms with E-state index in [1.807, 2.05) is 17.6 Å². The Morgan fingerprint density at radius 2 is 2.12 bits per heavy atom. The minimum absolute atomic E-state index is 0.304. The summed E-state index contributed by atoms with van der Waals surface area (Å²) in [6.07, 6.45) is 5.27. The quantitative estimate of drug-likeness (QED) is 0.910. The smallest absolute Gasteiger partial charge is 0.159 e. The van der Waals surface area contributed by atoms with E-state index in [0.29, 0.717) is 0 Å². The van der Waals surface area contributed by atoms with Crippen molar-refractivity contribution in [3.05, 3.63) is 29.2 Å². The Morgan fingerprint density at radius 1 is 1.33 bits per heavy atom. The lowest BCUT2D eigenvalue weighted by molar-refractivity contribution is -0.177. The van der Waals surface area contributed by atoms with Crippen LogP contribution in [0.5, 0.6) is 0 Å². The average Bonchev–Trinajstić information content (AvgIpc) is 2.96. The van der Waals surface area contributed by atoms with E-state index >= 15 is 0 Å². The molecule has 2 saturated heterocycles. The molecule has 1 N–H and O–H groups in total. The molecule has 1 spiro atoms. The van der Waals surface area contributed by atoms with Crippen LogP contribution in [0.4, 0.5) is 0 Å². The Morgan fingerprint density at radius 3 is 2.88 bits per heavy atom. The molecule has 1 unspecified atom stereocenters. The summed E-state index contributed by atoms with van der Waals surface area (Å²) in [6, 6.07) is 2.05. The summed E-state index contributed by atoms with van der Waals surface area (Å²) in [5.41, 5.74) is 3.96. The van der Waals surface area contributed by atoms with Crippen LogP contribution < -0.4 is 0 Å². The SMILES string of the molecule is Cc1cc(C)n2ncc(CN3CCC4(CC3)OCCCC4O)c2n1. The summed E-state index contributed by atoms with van der Waals surface area (Å²) >= 11 is 0. The second kappa shape index (κ2) is 6.10. The van der Waals surface area contributed by atoms with Crippen molar-refractivity contribution in [1.82, 2.24) is 19.5 Å². The van der Waals surface area contributed by atoms with E-state index in [1.165, 1.54) is 5.56 Å². The van der Waals surface area contributed by atoms with Crippen LogP contribution in [0.3, 0.4) is 0 Å². The Kier molecular flexibility index (Phi) is 4.06. The first-order valence-corrected chi connectivity index (χ1v) is 8.93. The van der Waals surface area contributed by atoms with Crippen molar-refractivity contribution in [3.63, 3.8) is 0 Å². The Balaban J connectivity index is 1.48. The fourth-order valence-corrected chi connectivity index (χ4v) is 4.15. The summed E-state index contributed by atoms with van der Waals surface area (Å²) in [6.45, 7) is 7.61. The number of fused-ring (bicyclic) bond motifs is 1. The second-order valence-corrected chi connectivity index (χ2v) is 7.29. The molecule has 2 aromatic rings.